The van der Waals surface area contributed by atoms with Crippen molar-refractivity contribution in [2.75, 3.05) is 13.1 Å². The molecule has 0 spiro atoms. The van der Waals surface area contributed by atoms with Crippen LogP contribution in [-0.2, 0) is 10.3 Å². The number of nitrogens with one attached hydrogen (secondary N) is 1. The van der Waals surface area contributed by atoms with Crippen LogP contribution < -0.4 is 10.1 Å². The third kappa shape index (κ3) is 4.20. The highest BCUT2D eigenvalue weighted by molar-refractivity contribution is 5.90. The van der Waals surface area contributed by atoms with Crippen molar-refractivity contribution in [1.29, 1.82) is 0 Å². The first-order valence-electron chi connectivity index (χ1n) is 8.85. The van der Waals surface area contributed by atoms with Gasteiger partial charge in [0.05, 0.1) is 11.7 Å². The van der Waals surface area contributed by atoms with Gasteiger partial charge in [-0.1, -0.05) is 30.3 Å². The van der Waals surface area contributed by atoms with E-state index >= 15 is 0 Å². The lowest BCUT2D eigenvalue weighted by Crippen LogP contribution is -2.43. The van der Waals surface area contributed by atoms with E-state index in [0.29, 0.717) is 5.56 Å². The lowest BCUT2D eigenvalue weighted by atomic mass is 9.84. The summed E-state index contributed by atoms with van der Waals surface area (Å²) in [7, 11) is 0. The van der Waals surface area contributed by atoms with E-state index in [2.05, 4.69) is 5.32 Å². The lowest BCUT2D eigenvalue weighted by molar-refractivity contribution is -0.0378. The van der Waals surface area contributed by atoms with Gasteiger partial charge in [-0.3, -0.25) is 0 Å². The van der Waals surface area contributed by atoms with Crippen molar-refractivity contribution >= 4 is 5.97 Å². The normalized spacial score (nSPS) is 16.4. The Morgan fingerprint density at radius 2 is 1.64 bits per heavy atom. The van der Waals surface area contributed by atoms with Crippen LogP contribution in [0.15, 0.2) is 54.6 Å². The predicted octanol–water partition coefficient (Wildman–Crippen LogP) is 3.91. The highest BCUT2D eigenvalue weighted by atomic mass is 16.6. The van der Waals surface area contributed by atoms with Crippen LogP contribution in [0.2, 0.25) is 0 Å². The van der Waals surface area contributed by atoms with Crippen LogP contribution in [0.5, 0.6) is 5.75 Å². The Labute approximate surface area is 149 Å². The molecule has 0 bridgehead atoms. The second-order valence-corrected chi connectivity index (χ2v) is 6.69. The zero-order valence-corrected chi connectivity index (χ0v) is 14.8. The molecule has 2 aromatic rings. The molecular weight excluding hydrogens is 314 g/mol. The summed E-state index contributed by atoms with van der Waals surface area (Å²) >= 11 is 0. The first kappa shape index (κ1) is 17.5. The van der Waals surface area contributed by atoms with Crippen molar-refractivity contribution in [3.8, 4) is 5.75 Å². The van der Waals surface area contributed by atoms with Crippen molar-refractivity contribution < 1.29 is 14.3 Å². The minimum absolute atomic E-state index is 0.105. The average molecular weight is 339 g/mol. The Bertz CT molecular complexity index is 689. The maximum Gasteiger partial charge on any atom is 0.339 e. The number of rotatable bonds is 5. The van der Waals surface area contributed by atoms with Gasteiger partial charge in [0.15, 0.2) is 0 Å². The summed E-state index contributed by atoms with van der Waals surface area (Å²) in [5.74, 6) is 0.466. The highest BCUT2D eigenvalue weighted by Gasteiger charge is 2.38. The first-order valence-corrected chi connectivity index (χ1v) is 8.85. The van der Waals surface area contributed by atoms with E-state index in [4.69, 9.17) is 9.47 Å². The summed E-state index contributed by atoms with van der Waals surface area (Å²) in [6.07, 6.45) is 1.66. The van der Waals surface area contributed by atoms with Gasteiger partial charge in [0.1, 0.15) is 11.4 Å². The molecular formula is C21H25NO3. The third-order valence-electron chi connectivity index (χ3n) is 4.46. The lowest BCUT2D eigenvalue weighted by Gasteiger charge is -2.37. The summed E-state index contributed by atoms with van der Waals surface area (Å²) in [5, 5.41) is 3.34. The van der Waals surface area contributed by atoms with Gasteiger partial charge in [-0.05, 0) is 56.8 Å². The van der Waals surface area contributed by atoms with Crippen LogP contribution in [0.3, 0.4) is 0 Å². The fourth-order valence-electron chi connectivity index (χ4n) is 3.20. The monoisotopic (exact) mass is 339 g/mol. The van der Waals surface area contributed by atoms with Crippen molar-refractivity contribution in [3.63, 3.8) is 0 Å². The molecule has 1 aliphatic rings. The molecule has 132 valence electrons. The van der Waals surface area contributed by atoms with E-state index in [1.807, 2.05) is 56.3 Å². The van der Waals surface area contributed by atoms with Crippen molar-refractivity contribution in [1.82, 2.24) is 5.32 Å². The fourth-order valence-corrected chi connectivity index (χ4v) is 3.20. The summed E-state index contributed by atoms with van der Waals surface area (Å²) in [6, 6.07) is 17.2. The number of carbonyl (C=O) groups is 1. The van der Waals surface area contributed by atoms with Crippen LogP contribution in [0.4, 0.5) is 0 Å². The van der Waals surface area contributed by atoms with E-state index in [0.717, 1.165) is 37.2 Å². The van der Waals surface area contributed by atoms with Crippen molar-refractivity contribution in [3.05, 3.63) is 65.7 Å². The van der Waals surface area contributed by atoms with Gasteiger partial charge < -0.3 is 14.8 Å². The second-order valence-electron chi connectivity index (χ2n) is 6.69. The molecule has 0 saturated carbocycles. The third-order valence-corrected chi connectivity index (χ3v) is 4.46. The second kappa shape index (κ2) is 7.70. The number of benzene rings is 2. The quantitative estimate of drug-likeness (QED) is 0.839. The molecule has 1 aliphatic heterocycles. The summed E-state index contributed by atoms with van der Waals surface area (Å²) < 4.78 is 11.7. The molecule has 1 N–H and O–H groups in total. The van der Waals surface area contributed by atoms with Crippen LogP contribution in [0, 0.1) is 0 Å². The minimum Gasteiger partial charge on any atom is -0.491 e. The molecule has 0 aliphatic carbocycles. The molecule has 0 unspecified atom stereocenters. The Hall–Kier alpha value is -2.33. The van der Waals surface area contributed by atoms with E-state index in [-0.39, 0.29) is 12.1 Å². The molecule has 0 amide bonds. The topological polar surface area (TPSA) is 47.6 Å². The predicted molar refractivity (Wildman–Crippen MR) is 97.8 cm³/mol. The van der Waals surface area contributed by atoms with Gasteiger partial charge in [-0.15, -0.1) is 0 Å². The summed E-state index contributed by atoms with van der Waals surface area (Å²) in [5.41, 5.74) is 1.05. The fraction of sp³-hybridized carbons (Fsp3) is 0.381. The van der Waals surface area contributed by atoms with Crippen LogP contribution in [-0.4, -0.2) is 25.2 Å². The number of carbonyl (C=O) groups excluding carboxylic acids is 1. The van der Waals surface area contributed by atoms with Gasteiger partial charge in [0, 0.05) is 12.8 Å². The van der Waals surface area contributed by atoms with Crippen molar-refractivity contribution in [2.45, 2.75) is 38.4 Å². The maximum atomic E-state index is 12.7. The Balaban J connectivity index is 1.79. The highest BCUT2D eigenvalue weighted by Crippen LogP contribution is 2.35. The van der Waals surface area contributed by atoms with Gasteiger partial charge in [-0.25, -0.2) is 4.79 Å². The van der Waals surface area contributed by atoms with E-state index < -0.39 is 5.60 Å². The number of ether oxygens (including phenoxy) is 2. The van der Waals surface area contributed by atoms with E-state index in [1.165, 1.54) is 0 Å². The molecule has 1 fully saturated rings. The Kier molecular flexibility index (Phi) is 5.39. The van der Waals surface area contributed by atoms with Gasteiger partial charge in [-0.2, -0.15) is 0 Å². The first-order chi connectivity index (χ1) is 12.1. The SMILES string of the molecule is CC(C)Oc1ccc(C(=O)OC2(c3ccccc3)CCNCC2)cc1. The molecule has 1 saturated heterocycles. The number of hydrogen-bond donors (Lipinski definition) is 1. The maximum absolute atomic E-state index is 12.7. The smallest absolute Gasteiger partial charge is 0.339 e. The van der Waals surface area contributed by atoms with Crippen molar-refractivity contribution in [2.24, 2.45) is 0 Å². The van der Waals surface area contributed by atoms with Crippen LogP contribution in [0.1, 0.15) is 42.6 Å². The van der Waals surface area contributed by atoms with Gasteiger partial charge in [0.2, 0.25) is 0 Å². The Morgan fingerprint density at radius 3 is 2.24 bits per heavy atom. The molecule has 3 rings (SSSR count). The molecule has 0 radical (unpaired) electrons. The zero-order chi connectivity index (χ0) is 17.7. The summed E-state index contributed by atoms with van der Waals surface area (Å²) in [6.45, 7) is 5.62. The largest absolute Gasteiger partial charge is 0.491 e. The zero-order valence-electron chi connectivity index (χ0n) is 14.8. The molecule has 4 nitrogen and oxygen atoms in total. The molecule has 25 heavy (non-hydrogen) atoms. The number of esters is 1. The van der Waals surface area contributed by atoms with Crippen LogP contribution in [0.25, 0.3) is 0 Å². The minimum atomic E-state index is -0.559. The summed E-state index contributed by atoms with van der Waals surface area (Å²) in [4.78, 5) is 12.7. The van der Waals surface area contributed by atoms with Crippen LogP contribution >= 0.6 is 0 Å². The molecule has 0 atom stereocenters. The molecule has 4 heteroatoms. The standard InChI is InChI=1S/C21H25NO3/c1-16(2)24-19-10-8-17(9-11-19)20(23)25-21(12-14-22-15-13-21)18-6-4-3-5-7-18/h3-11,16,22H,12-15H2,1-2H3. The van der Waals surface area contributed by atoms with Gasteiger partial charge in [0.25, 0.3) is 0 Å². The molecule has 1 heterocycles. The van der Waals surface area contributed by atoms with E-state index in [1.54, 1.807) is 12.1 Å². The Morgan fingerprint density at radius 1 is 1.00 bits per heavy atom. The van der Waals surface area contributed by atoms with E-state index in [9.17, 15) is 4.79 Å². The molecule has 0 aromatic heterocycles. The van der Waals surface area contributed by atoms with Gasteiger partial charge >= 0.3 is 5.97 Å². The number of hydrogen-bond acceptors (Lipinski definition) is 4. The number of piperidine rings is 1. The molecule has 2 aromatic carbocycles. The average Bonchev–Trinajstić information content (AvgIpc) is 2.63.